The van der Waals surface area contributed by atoms with Crippen LogP contribution in [0.4, 0.5) is 10.6 Å². The van der Waals surface area contributed by atoms with Crippen molar-refractivity contribution in [3.05, 3.63) is 47.3 Å². The monoisotopic (exact) mass is 505 g/mol. The third-order valence-corrected chi connectivity index (χ3v) is 7.17. The number of aromatic nitrogens is 6. The van der Waals surface area contributed by atoms with Gasteiger partial charge in [0.05, 0.1) is 12.6 Å². The number of tetrazole rings is 1. The van der Waals surface area contributed by atoms with E-state index in [1.54, 1.807) is 37.4 Å². The molecule has 1 saturated carbocycles. The smallest absolute Gasteiger partial charge is 0.320 e. The Hall–Kier alpha value is -3.93. The molecule has 0 aromatic carbocycles. The van der Waals surface area contributed by atoms with E-state index in [2.05, 4.69) is 30.8 Å². The van der Waals surface area contributed by atoms with E-state index in [1.807, 2.05) is 16.8 Å². The maximum Gasteiger partial charge on any atom is 0.320 e. The van der Waals surface area contributed by atoms with Gasteiger partial charge in [0.15, 0.2) is 0 Å². The standard InChI is InChI=1S/C25H31N9O3/c1-16(15-35)34-23(29-30-31-34)20-8-5-9-22(27-20)28-24(36)21-12-18-14-33(11-10-17(18)13-26-21)25(37)32(2)19-6-3-4-7-19/h5,8-9,12-13,16,19,35H,3-4,6-7,10-11,14-15H2,1-2H3,(H,27,28,36). The number of hydrogen-bond donors (Lipinski definition) is 2. The fourth-order valence-corrected chi connectivity index (χ4v) is 4.94. The topological polar surface area (TPSA) is 142 Å². The lowest BCUT2D eigenvalue weighted by molar-refractivity contribution is 0.102. The van der Waals surface area contributed by atoms with Crippen LogP contribution in [0.25, 0.3) is 11.5 Å². The highest BCUT2D eigenvalue weighted by Gasteiger charge is 2.29. The summed E-state index contributed by atoms with van der Waals surface area (Å²) in [6.07, 6.45) is 6.90. The summed E-state index contributed by atoms with van der Waals surface area (Å²) in [5.41, 5.74) is 2.69. The van der Waals surface area contributed by atoms with E-state index in [0.29, 0.717) is 42.9 Å². The molecule has 0 radical (unpaired) electrons. The first-order chi connectivity index (χ1) is 17.9. The minimum atomic E-state index is -0.401. The molecule has 3 aromatic rings. The molecule has 4 heterocycles. The molecule has 12 heteroatoms. The Kier molecular flexibility index (Phi) is 7.08. The summed E-state index contributed by atoms with van der Waals surface area (Å²) in [7, 11) is 1.89. The molecule has 1 atom stereocenters. The molecular weight excluding hydrogens is 474 g/mol. The second-order valence-electron chi connectivity index (χ2n) is 9.68. The van der Waals surface area contributed by atoms with Crippen LogP contribution in [0.2, 0.25) is 0 Å². The molecule has 1 aliphatic heterocycles. The number of pyridine rings is 2. The van der Waals surface area contributed by atoms with Gasteiger partial charge in [-0.15, -0.1) is 5.10 Å². The molecule has 3 amide bonds. The molecule has 12 nitrogen and oxygen atoms in total. The first-order valence-corrected chi connectivity index (χ1v) is 12.6. The number of anilines is 1. The number of amides is 3. The van der Waals surface area contributed by atoms with Gasteiger partial charge in [-0.05, 0) is 65.9 Å². The average molecular weight is 506 g/mol. The molecule has 1 aliphatic carbocycles. The van der Waals surface area contributed by atoms with Crippen LogP contribution in [-0.2, 0) is 13.0 Å². The first kappa shape index (κ1) is 24.8. The van der Waals surface area contributed by atoms with Crippen molar-refractivity contribution in [3.63, 3.8) is 0 Å². The Bertz CT molecular complexity index is 1290. The lowest BCUT2D eigenvalue weighted by atomic mass is 10.0. The summed E-state index contributed by atoms with van der Waals surface area (Å²) in [5.74, 6) is 0.308. The number of urea groups is 1. The van der Waals surface area contributed by atoms with Gasteiger partial charge in [-0.1, -0.05) is 18.9 Å². The van der Waals surface area contributed by atoms with Crippen LogP contribution in [0, 0.1) is 0 Å². The molecule has 194 valence electrons. The van der Waals surface area contributed by atoms with E-state index < -0.39 is 5.91 Å². The van der Waals surface area contributed by atoms with E-state index in [1.165, 1.54) is 17.5 Å². The maximum atomic E-state index is 13.1. The second kappa shape index (κ2) is 10.6. The van der Waals surface area contributed by atoms with E-state index in [9.17, 15) is 14.7 Å². The Morgan fingerprint density at radius 1 is 1.24 bits per heavy atom. The van der Waals surface area contributed by atoms with Crippen molar-refractivity contribution in [1.29, 1.82) is 0 Å². The van der Waals surface area contributed by atoms with Gasteiger partial charge in [-0.2, -0.15) is 0 Å². The van der Waals surface area contributed by atoms with Crippen molar-refractivity contribution in [2.45, 2.75) is 57.7 Å². The Morgan fingerprint density at radius 3 is 2.84 bits per heavy atom. The molecular formula is C25H31N9O3. The Labute approximate surface area is 214 Å². The molecule has 5 rings (SSSR count). The van der Waals surface area contributed by atoms with E-state index in [0.717, 1.165) is 24.0 Å². The van der Waals surface area contributed by atoms with Gasteiger partial charge in [0.2, 0.25) is 5.82 Å². The zero-order valence-electron chi connectivity index (χ0n) is 21.0. The van der Waals surface area contributed by atoms with Crippen molar-refractivity contribution in [3.8, 4) is 11.5 Å². The quantitative estimate of drug-likeness (QED) is 0.520. The fourth-order valence-electron chi connectivity index (χ4n) is 4.94. The van der Waals surface area contributed by atoms with Gasteiger partial charge in [0.1, 0.15) is 17.2 Å². The van der Waals surface area contributed by atoms with Crippen molar-refractivity contribution < 1.29 is 14.7 Å². The number of carbonyl (C=O) groups excluding carboxylic acids is 2. The number of nitrogens with zero attached hydrogens (tertiary/aromatic N) is 8. The SMILES string of the molecule is CC(CO)n1nnnc1-c1cccc(NC(=O)c2cc3c(cn2)CCN(C(=O)N(C)C2CCCC2)C3)n1. The van der Waals surface area contributed by atoms with Crippen molar-refractivity contribution in [1.82, 2.24) is 40.0 Å². The van der Waals surface area contributed by atoms with Gasteiger partial charge < -0.3 is 20.2 Å². The molecule has 2 aliphatic rings. The summed E-state index contributed by atoms with van der Waals surface area (Å²) in [6, 6.07) is 6.93. The van der Waals surface area contributed by atoms with Crippen molar-refractivity contribution in [2.75, 3.05) is 25.5 Å². The summed E-state index contributed by atoms with van der Waals surface area (Å²) in [6.45, 7) is 2.75. The van der Waals surface area contributed by atoms with Gasteiger partial charge in [-0.3, -0.25) is 9.78 Å². The number of aliphatic hydroxyl groups is 1. The number of hydrogen-bond acceptors (Lipinski definition) is 8. The first-order valence-electron chi connectivity index (χ1n) is 12.6. The fraction of sp³-hybridized carbons (Fsp3) is 0.480. The van der Waals surface area contributed by atoms with Crippen LogP contribution in [0.3, 0.4) is 0 Å². The number of carbonyl (C=O) groups is 2. The molecule has 37 heavy (non-hydrogen) atoms. The Balaban J connectivity index is 1.29. The minimum Gasteiger partial charge on any atom is -0.394 e. The third-order valence-electron chi connectivity index (χ3n) is 7.17. The van der Waals surface area contributed by atoms with Crippen LogP contribution in [-0.4, -0.2) is 83.3 Å². The van der Waals surface area contributed by atoms with Crippen LogP contribution in [0.1, 0.15) is 60.3 Å². The lowest BCUT2D eigenvalue weighted by Gasteiger charge is -2.34. The Morgan fingerprint density at radius 2 is 2.05 bits per heavy atom. The highest BCUT2D eigenvalue weighted by molar-refractivity contribution is 6.02. The van der Waals surface area contributed by atoms with E-state index in [-0.39, 0.29) is 24.4 Å². The molecule has 1 fully saturated rings. The third kappa shape index (κ3) is 5.15. The number of rotatable bonds is 6. The van der Waals surface area contributed by atoms with Gasteiger partial charge in [0, 0.05) is 32.4 Å². The molecule has 3 aromatic heterocycles. The van der Waals surface area contributed by atoms with Gasteiger partial charge >= 0.3 is 6.03 Å². The molecule has 0 spiro atoms. The van der Waals surface area contributed by atoms with Crippen molar-refractivity contribution >= 4 is 17.8 Å². The minimum absolute atomic E-state index is 0.0410. The average Bonchev–Trinajstić information content (AvgIpc) is 3.64. The van der Waals surface area contributed by atoms with Gasteiger partial charge in [-0.25, -0.2) is 14.5 Å². The largest absolute Gasteiger partial charge is 0.394 e. The van der Waals surface area contributed by atoms with Crippen molar-refractivity contribution in [2.24, 2.45) is 0 Å². The van der Waals surface area contributed by atoms with Crippen LogP contribution in [0.15, 0.2) is 30.5 Å². The highest BCUT2D eigenvalue weighted by atomic mass is 16.3. The van der Waals surface area contributed by atoms with E-state index in [4.69, 9.17) is 0 Å². The van der Waals surface area contributed by atoms with Crippen LogP contribution < -0.4 is 5.32 Å². The molecule has 0 saturated heterocycles. The predicted molar refractivity (Wildman–Crippen MR) is 135 cm³/mol. The number of nitrogens with one attached hydrogen (secondary N) is 1. The zero-order valence-corrected chi connectivity index (χ0v) is 21.0. The lowest BCUT2D eigenvalue weighted by Crippen LogP contribution is -2.47. The normalized spacial score (nSPS) is 16.4. The molecule has 0 bridgehead atoms. The van der Waals surface area contributed by atoms with Crippen LogP contribution in [0.5, 0.6) is 0 Å². The maximum absolute atomic E-state index is 13.1. The summed E-state index contributed by atoms with van der Waals surface area (Å²) in [5, 5.41) is 23.9. The second-order valence-corrected chi connectivity index (χ2v) is 9.68. The molecule has 1 unspecified atom stereocenters. The number of aliphatic hydroxyl groups excluding tert-OH is 1. The summed E-state index contributed by atoms with van der Waals surface area (Å²) < 4.78 is 1.48. The summed E-state index contributed by atoms with van der Waals surface area (Å²) in [4.78, 5) is 38.7. The predicted octanol–water partition coefficient (Wildman–Crippen LogP) is 2.29. The zero-order chi connectivity index (χ0) is 25.9. The van der Waals surface area contributed by atoms with Crippen LogP contribution >= 0.6 is 0 Å². The summed E-state index contributed by atoms with van der Waals surface area (Å²) >= 11 is 0. The molecule has 2 N–H and O–H groups in total. The van der Waals surface area contributed by atoms with E-state index >= 15 is 0 Å². The number of fused-ring (bicyclic) bond motifs is 1. The highest BCUT2D eigenvalue weighted by Crippen LogP contribution is 2.26. The van der Waals surface area contributed by atoms with Gasteiger partial charge in [0.25, 0.3) is 5.91 Å².